The third-order valence-electron chi connectivity index (χ3n) is 3.47. The number of benzene rings is 1. The van der Waals surface area contributed by atoms with E-state index in [-0.39, 0.29) is 33.9 Å². The number of aromatic hydroxyl groups is 2. The molecule has 0 aliphatic rings. The lowest BCUT2D eigenvalue weighted by molar-refractivity contribution is -0.384. The molecule has 0 atom stereocenters. The summed E-state index contributed by atoms with van der Waals surface area (Å²) in [5.41, 5.74) is -0.659. The zero-order valence-corrected chi connectivity index (χ0v) is 12.7. The lowest BCUT2D eigenvalue weighted by atomic mass is 10.1. The maximum Gasteiger partial charge on any atom is 0.273 e. The summed E-state index contributed by atoms with van der Waals surface area (Å²) in [6.07, 6.45) is 1.17. The number of phenolic OH excluding ortho intramolecular Hbond substituents is 1. The zero-order chi connectivity index (χ0) is 18.0. The van der Waals surface area contributed by atoms with Gasteiger partial charge in [-0.25, -0.2) is 0 Å². The Kier molecular flexibility index (Phi) is 4.32. The van der Waals surface area contributed by atoms with Crippen LogP contribution in [0.3, 0.4) is 0 Å². The van der Waals surface area contributed by atoms with E-state index in [1.807, 2.05) is 0 Å². The number of nitro groups is 1. The molecule has 1 aromatic carbocycles. The maximum atomic E-state index is 11.9. The summed E-state index contributed by atoms with van der Waals surface area (Å²) in [7, 11) is 1.30. The molecule has 1 aromatic heterocycles. The predicted octanol–water partition coefficient (Wildman–Crippen LogP) is 1.64. The third kappa shape index (κ3) is 2.80. The summed E-state index contributed by atoms with van der Waals surface area (Å²) in [6.45, 7) is 1.48. The van der Waals surface area contributed by atoms with Crippen molar-refractivity contribution in [2.75, 3.05) is 0 Å². The van der Waals surface area contributed by atoms with Crippen LogP contribution in [0.15, 0.2) is 28.0 Å². The van der Waals surface area contributed by atoms with Crippen molar-refractivity contribution in [3.05, 3.63) is 55.4 Å². The van der Waals surface area contributed by atoms with Gasteiger partial charge in [0, 0.05) is 19.3 Å². The van der Waals surface area contributed by atoms with Gasteiger partial charge in [0.1, 0.15) is 23.1 Å². The standard InChI is InChI=1S/C15H12N4O5/c1-8-10(6-16)14(21)18(2)15(22)11(8)7-17-12-4-3-9(19(23)24)5-13(12)20/h3-5,7,20,22H,1-2H3. The highest BCUT2D eigenvalue weighted by Gasteiger charge is 2.16. The van der Waals surface area contributed by atoms with Crippen molar-refractivity contribution in [3.63, 3.8) is 0 Å². The Bertz CT molecular complexity index is 969. The summed E-state index contributed by atoms with van der Waals surface area (Å²) < 4.78 is 0.905. The van der Waals surface area contributed by atoms with Crippen molar-refractivity contribution in [3.8, 4) is 17.7 Å². The lowest BCUT2D eigenvalue weighted by Crippen LogP contribution is -2.22. The number of pyridine rings is 1. The first kappa shape index (κ1) is 16.7. The highest BCUT2D eigenvalue weighted by atomic mass is 16.6. The second-order valence-electron chi connectivity index (χ2n) is 4.90. The topological polar surface area (TPSA) is 142 Å². The summed E-state index contributed by atoms with van der Waals surface area (Å²) >= 11 is 0. The molecule has 2 N–H and O–H groups in total. The van der Waals surface area contributed by atoms with Gasteiger partial charge in [-0.05, 0) is 18.6 Å². The Hall–Kier alpha value is -3.67. The van der Waals surface area contributed by atoms with Gasteiger partial charge in [-0.1, -0.05) is 0 Å². The largest absolute Gasteiger partial charge is 0.505 e. The van der Waals surface area contributed by atoms with E-state index >= 15 is 0 Å². The number of nitriles is 1. The minimum absolute atomic E-state index is 0.0340. The van der Waals surface area contributed by atoms with Crippen LogP contribution in [-0.4, -0.2) is 25.9 Å². The molecule has 0 aliphatic carbocycles. The van der Waals surface area contributed by atoms with E-state index in [0.29, 0.717) is 0 Å². The van der Waals surface area contributed by atoms with Crippen LogP contribution in [-0.2, 0) is 7.05 Å². The van der Waals surface area contributed by atoms with E-state index in [2.05, 4.69) is 4.99 Å². The summed E-state index contributed by atoms with van der Waals surface area (Å²) in [6, 6.07) is 5.12. The zero-order valence-electron chi connectivity index (χ0n) is 12.7. The molecule has 0 bridgehead atoms. The summed E-state index contributed by atoms with van der Waals surface area (Å²) in [5, 5.41) is 39.5. The van der Waals surface area contributed by atoms with Crippen LogP contribution in [0.25, 0.3) is 0 Å². The highest BCUT2D eigenvalue weighted by Crippen LogP contribution is 2.30. The summed E-state index contributed by atoms with van der Waals surface area (Å²) in [4.78, 5) is 25.8. The van der Waals surface area contributed by atoms with E-state index in [0.717, 1.165) is 10.6 Å². The van der Waals surface area contributed by atoms with Crippen LogP contribution in [0.1, 0.15) is 16.7 Å². The van der Waals surface area contributed by atoms with Crippen LogP contribution in [0, 0.1) is 28.4 Å². The number of aliphatic imine (C=N–C) groups is 1. The van der Waals surface area contributed by atoms with Gasteiger partial charge in [0.05, 0.1) is 16.6 Å². The van der Waals surface area contributed by atoms with Gasteiger partial charge < -0.3 is 10.2 Å². The highest BCUT2D eigenvalue weighted by molar-refractivity contribution is 5.88. The molecule has 0 unspecified atom stereocenters. The predicted molar refractivity (Wildman–Crippen MR) is 84.8 cm³/mol. The maximum absolute atomic E-state index is 11.9. The second kappa shape index (κ2) is 6.21. The monoisotopic (exact) mass is 328 g/mol. The molecular formula is C15H12N4O5. The molecule has 0 spiro atoms. The molecule has 0 aliphatic heterocycles. The molecule has 24 heavy (non-hydrogen) atoms. The average molecular weight is 328 g/mol. The second-order valence-corrected chi connectivity index (χ2v) is 4.90. The van der Waals surface area contributed by atoms with Crippen LogP contribution >= 0.6 is 0 Å². The molecule has 0 saturated carbocycles. The Morgan fingerprint density at radius 3 is 2.62 bits per heavy atom. The Balaban J connectivity index is 2.55. The van der Waals surface area contributed by atoms with E-state index in [1.165, 1.54) is 32.3 Å². The van der Waals surface area contributed by atoms with Gasteiger partial charge >= 0.3 is 0 Å². The van der Waals surface area contributed by atoms with Crippen molar-refractivity contribution in [1.82, 2.24) is 4.57 Å². The number of hydrogen-bond acceptors (Lipinski definition) is 7. The van der Waals surface area contributed by atoms with Crippen LogP contribution in [0.4, 0.5) is 11.4 Å². The molecule has 9 heteroatoms. The van der Waals surface area contributed by atoms with Crippen LogP contribution in [0.5, 0.6) is 11.6 Å². The van der Waals surface area contributed by atoms with Crippen LogP contribution < -0.4 is 5.56 Å². The third-order valence-corrected chi connectivity index (χ3v) is 3.47. The minimum Gasteiger partial charge on any atom is -0.505 e. The molecule has 0 saturated heterocycles. The normalized spacial score (nSPS) is 10.7. The Labute approximate surface area is 135 Å². The number of rotatable bonds is 3. The van der Waals surface area contributed by atoms with Crippen molar-refractivity contribution >= 4 is 17.6 Å². The lowest BCUT2D eigenvalue weighted by Gasteiger charge is -2.09. The molecule has 0 fully saturated rings. The van der Waals surface area contributed by atoms with E-state index in [4.69, 9.17) is 5.26 Å². The van der Waals surface area contributed by atoms with Gasteiger partial charge in [-0.15, -0.1) is 0 Å². The van der Waals surface area contributed by atoms with E-state index in [1.54, 1.807) is 6.07 Å². The number of nitrogens with zero attached hydrogens (tertiary/aromatic N) is 4. The number of hydrogen-bond donors (Lipinski definition) is 2. The smallest absolute Gasteiger partial charge is 0.273 e. The molecule has 1 heterocycles. The SMILES string of the molecule is Cc1c(C=Nc2ccc([N+](=O)[O-])cc2O)c(O)n(C)c(=O)c1C#N. The number of nitro benzene ring substituents is 1. The van der Waals surface area contributed by atoms with Crippen LogP contribution in [0.2, 0.25) is 0 Å². The van der Waals surface area contributed by atoms with Gasteiger partial charge in [0.2, 0.25) is 5.88 Å². The van der Waals surface area contributed by atoms with Gasteiger partial charge in [0.15, 0.2) is 0 Å². The molecule has 2 aromatic rings. The first-order valence-corrected chi connectivity index (χ1v) is 6.62. The molecule has 0 radical (unpaired) electrons. The van der Waals surface area contributed by atoms with Gasteiger partial charge in [-0.2, -0.15) is 5.26 Å². The Morgan fingerprint density at radius 1 is 1.42 bits per heavy atom. The number of aromatic nitrogens is 1. The first-order chi connectivity index (χ1) is 11.3. The van der Waals surface area contributed by atoms with Gasteiger partial charge in [-0.3, -0.25) is 24.5 Å². The molecule has 122 valence electrons. The van der Waals surface area contributed by atoms with E-state index in [9.17, 15) is 25.1 Å². The fourth-order valence-electron chi connectivity index (χ4n) is 2.06. The molecule has 9 nitrogen and oxygen atoms in total. The van der Waals surface area contributed by atoms with Crippen molar-refractivity contribution in [2.45, 2.75) is 6.92 Å². The summed E-state index contributed by atoms with van der Waals surface area (Å²) in [5.74, 6) is -0.801. The molecular weight excluding hydrogens is 316 g/mol. The first-order valence-electron chi connectivity index (χ1n) is 6.62. The Morgan fingerprint density at radius 2 is 2.08 bits per heavy atom. The number of phenols is 1. The molecule has 2 rings (SSSR count). The quantitative estimate of drug-likeness (QED) is 0.498. The van der Waals surface area contributed by atoms with Gasteiger partial charge in [0.25, 0.3) is 11.2 Å². The number of non-ortho nitro benzene ring substituents is 1. The van der Waals surface area contributed by atoms with Crippen molar-refractivity contribution in [2.24, 2.45) is 12.0 Å². The van der Waals surface area contributed by atoms with E-state index < -0.39 is 16.2 Å². The fourth-order valence-corrected chi connectivity index (χ4v) is 2.06. The fraction of sp³-hybridized carbons (Fsp3) is 0.133. The molecule has 0 amide bonds. The minimum atomic E-state index is -0.657. The van der Waals surface area contributed by atoms with Crippen molar-refractivity contribution in [1.29, 1.82) is 5.26 Å². The average Bonchev–Trinajstić information content (AvgIpc) is 2.54. The van der Waals surface area contributed by atoms with Crippen molar-refractivity contribution < 1.29 is 15.1 Å².